The van der Waals surface area contributed by atoms with E-state index in [1.54, 1.807) is 12.3 Å². The highest BCUT2D eigenvalue weighted by Gasteiger charge is 1.94. The average molecular weight is 124 g/mol. The Kier molecular flexibility index (Phi) is 2.07. The van der Waals surface area contributed by atoms with Gasteiger partial charge in [0.1, 0.15) is 12.9 Å². The van der Waals surface area contributed by atoms with Crippen LogP contribution >= 0.6 is 0 Å². The fraction of sp³-hybridized carbons (Fsp3) is 0.286. The van der Waals surface area contributed by atoms with Gasteiger partial charge in [0.25, 0.3) is 0 Å². The highest BCUT2D eigenvalue weighted by Crippen LogP contribution is 2.05. The molecule has 1 rings (SSSR count). The van der Waals surface area contributed by atoms with Crippen LogP contribution < -0.4 is 0 Å². The van der Waals surface area contributed by atoms with Crippen molar-refractivity contribution in [3.8, 4) is 0 Å². The fourth-order valence-electron chi connectivity index (χ4n) is 0.662. The Hall–Kier alpha value is -1.05. The molecule has 0 saturated heterocycles. The number of hydrogen-bond donors (Lipinski definition) is 0. The number of rotatable bonds is 2. The molecule has 48 valence electrons. The van der Waals surface area contributed by atoms with Gasteiger partial charge in [-0.2, -0.15) is 0 Å². The standard InChI is InChI=1S/C7H8O2/c8-4-1-7-2-5-9-6-3-7/h2-5H,1,6H2. The predicted octanol–water partition coefficient (Wildman–Crippen LogP) is 1.05. The van der Waals surface area contributed by atoms with Crippen molar-refractivity contribution in [1.29, 1.82) is 0 Å². The molecule has 2 heteroatoms. The molecule has 0 unspecified atom stereocenters. The first kappa shape index (κ1) is 6.08. The van der Waals surface area contributed by atoms with Crippen molar-refractivity contribution < 1.29 is 9.53 Å². The molecule has 0 atom stereocenters. The molecule has 0 bridgehead atoms. The number of allylic oxidation sites excluding steroid dienone is 2. The maximum absolute atomic E-state index is 9.96. The topological polar surface area (TPSA) is 26.3 Å². The van der Waals surface area contributed by atoms with Gasteiger partial charge < -0.3 is 9.53 Å². The van der Waals surface area contributed by atoms with Gasteiger partial charge >= 0.3 is 0 Å². The first-order valence-electron chi connectivity index (χ1n) is 2.84. The molecule has 0 fully saturated rings. The van der Waals surface area contributed by atoms with Gasteiger partial charge in [0, 0.05) is 6.42 Å². The molecule has 0 radical (unpaired) electrons. The van der Waals surface area contributed by atoms with E-state index in [0.717, 1.165) is 11.9 Å². The van der Waals surface area contributed by atoms with Gasteiger partial charge in [0.2, 0.25) is 0 Å². The van der Waals surface area contributed by atoms with Gasteiger partial charge in [0.05, 0.1) is 6.26 Å². The normalized spacial score (nSPS) is 16.2. The highest BCUT2D eigenvalue weighted by atomic mass is 16.5. The summed E-state index contributed by atoms with van der Waals surface area (Å²) < 4.78 is 4.87. The van der Waals surface area contributed by atoms with Gasteiger partial charge in [0.15, 0.2) is 0 Å². The van der Waals surface area contributed by atoms with Crippen LogP contribution in [0.4, 0.5) is 0 Å². The van der Waals surface area contributed by atoms with Crippen LogP contribution in [-0.2, 0) is 9.53 Å². The fourth-order valence-corrected chi connectivity index (χ4v) is 0.662. The van der Waals surface area contributed by atoms with Crippen molar-refractivity contribution >= 4 is 6.29 Å². The van der Waals surface area contributed by atoms with E-state index in [-0.39, 0.29) is 0 Å². The lowest BCUT2D eigenvalue weighted by molar-refractivity contribution is -0.107. The third-order valence-corrected chi connectivity index (χ3v) is 1.14. The van der Waals surface area contributed by atoms with Gasteiger partial charge in [-0.15, -0.1) is 0 Å². The van der Waals surface area contributed by atoms with Gasteiger partial charge in [-0.1, -0.05) is 0 Å². The second kappa shape index (κ2) is 3.07. The lowest BCUT2D eigenvalue weighted by atomic mass is 10.2. The molecule has 2 nitrogen and oxygen atoms in total. The Morgan fingerprint density at radius 1 is 1.78 bits per heavy atom. The molecule has 0 aromatic heterocycles. The molecule has 0 amide bonds. The van der Waals surface area contributed by atoms with Crippen LogP contribution in [-0.4, -0.2) is 12.9 Å². The van der Waals surface area contributed by atoms with E-state index in [4.69, 9.17) is 4.74 Å². The zero-order valence-corrected chi connectivity index (χ0v) is 5.04. The van der Waals surface area contributed by atoms with Gasteiger partial charge in [-0.3, -0.25) is 0 Å². The average Bonchev–Trinajstić information content (AvgIpc) is 1.91. The molecule has 0 saturated carbocycles. The summed E-state index contributed by atoms with van der Waals surface area (Å²) in [5.41, 5.74) is 1.04. The van der Waals surface area contributed by atoms with Gasteiger partial charge in [-0.05, 0) is 17.7 Å². The summed E-state index contributed by atoms with van der Waals surface area (Å²) in [7, 11) is 0. The van der Waals surface area contributed by atoms with E-state index in [9.17, 15) is 4.79 Å². The SMILES string of the molecule is O=CCC1=CCOC=C1. The monoisotopic (exact) mass is 124 g/mol. The zero-order valence-electron chi connectivity index (χ0n) is 5.04. The highest BCUT2D eigenvalue weighted by molar-refractivity contribution is 5.56. The van der Waals surface area contributed by atoms with Crippen LogP contribution in [0.3, 0.4) is 0 Å². The minimum atomic E-state index is 0.500. The third-order valence-electron chi connectivity index (χ3n) is 1.14. The summed E-state index contributed by atoms with van der Waals surface area (Å²) in [5, 5.41) is 0. The second-order valence-corrected chi connectivity index (χ2v) is 1.79. The number of hydrogen-bond acceptors (Lipinski definition) is 2. The first-order chi connectivity index (χ1) is 4.43. The van der Waals surface area contributed by atoms with Crippen LogP contribution in [0.1, 0.15) is 6.42 Å². The van der Waals surface area contributed by atoms with E-state index in [1.807, 2.05) is 6.08 Å². The summed E-state index contributed by atoms with van der Waals surface area (Å²) in [6, 6.07) is 0. The van der Waals surface area contributed by atoms with E-state index >= 15 is 0 Å². The maximum Gasteiger partial charge on any atom is 0.124 e. The molecular weight excluding hydrogens is 116 g/mol. The molecule has 0 aromatic rings. The molecule has 0 aromatic carbocycles. The Morgan fingerprint density at radius 2 is 2.67 bits per heavy atom. The minimum Gasteiger partial charge on any atom is -0.497 e. The number of carbonyl (C=O) groups excluding carboxylic acids is 1. The Bertz CT molecular complexity index is 156. The van der Waals surface area contributed by atoms with Crippen molar-refractivity contribution in [3.63, 3.8) is 0 Å². The molecule has 9 heavy (non-hydrogen) atoms. The smallest absolute Gasteiger partial charge is 0.124 e. The van der Waals surface area contributed by atoms with Crippen molar-refractivity contribution in [3.05, 3.63) is 24.0 Å². The van der Waals surface area contributed by atoms with Crippen LogP contribution in [0.15, 0.2) is 24.0 Å². The lowest BCUT2D eigenvalue weighted by Gasteiger charge is -2.03. The van der Waals surface area contributed by atoms with Gasteiger partial charge in [-0.25, -0.2) is 0 Å². The van der Waals surface area contributed by atoms with Crippen LogP contribution in [0.2, 0.25) is 0 Å². The third kappa shape index (κ3) is 1.72. The van der Waals surface area contributed by atoms with E-state index in [2.05, 4.69) is 0 Å². The lowest BCUT2D eigenvalue weighted by Crippen LogP contribution is -1.92. The first-order valence-corrected chi connectivity index (χ1v) is 2.84. The largest absolute Gasteiger partial charge is 0.497 e. The maximum atomic E-state index is 9.96. The van der Waals surface area contributed by atoms with Crippen LogP contribution in [0, 0.1) is 0 Å². The summed E-state index contributed by atoms with van der Waals surface area (Å²) in [6.45, 7) is 0.597. The van der Waals surface area contributed by atoms with E-state index < -0.39 is 0 Å². The van der Waals surface area contributed by atoms with Crippen molar-refractivity contribution in [1.82, 2.24) is 0 Å². The van der Waals surface area contributed by atoms with Crippen molar-refractivity contribution in [2.45, 2.75) is 6.42 Å². The van der Waals surface area contributed by atoms with Crippen LogP contribution in [0.5, 0.6) is 0 Å². The summed E-state index contributed by atoms with van der Waals surface area (Å²) in [6.07, 6.45) is 6.70. The molecule has 1 aliphatic rings. The molecular formula is C7H8O2. The summed E-state index contributed by atoms with van der Waals surface area (Å²) >= 11 is 0. The summed E-state index contributed by atoms with van der Waals surface area (Å²) in [5.74, 6) is 0. The van der Waals surface area contributed by atoms with Crippen LogP contribution in [0.25, 0.3) is 0 Å². The molecule has 0 aliphatic carbocycles. The number of aldehydes is 1. The molecule has 0 N–H and O–H groups in total. The predicted molar refractivity (Wildman–Crippen MR) is 33.9 cm³/mol. The minimum absolute atomic E-state index is 0.500. The van der Waals surface area contributed by atoms with Crippen molar-refractivity contribution in [2.75, 3.05) is 6.61 Å². The van der Waals surface area contributed by atoms with Crippen molar-refractivity contribution in [2.24, 2.45) is 0 Å². The number of carbonyl (C=O) groups is 1. The van der Waals surface area contributed by atoms with E-state index in [0.29, 0.717) is 13.0 Å². The summed E-state index contributed by atoms with van der Waals surface area (Å²) in [4.78, 5) is 9.96. The Labute approximate surface area is 53.8 Å². The van der Waals surface area contributed by atoms with E-state index in [1.165, 1.54) is 0 Å². The second-order valence-electron chi connectivity index (χ2n) is 1.79. The molecule has 0 spiro atoms. The Balaban J connectivity index is 2.47. The quantitative estimate of drug-likeness (QED) is 0.514. The molecule has 1 aliphatic heterocycles. The zero-order chi connectivity index (χ0) is 6.53. The molecule has 1 heterocycles. The Morgan fingerprint density at radius 3 is 3.22 bits per heavy atom. The number of ether oxygens (including phenoxy) is 1.